The number of methoxy groups -OCH3 is 1. The second-order valence-corrected chi connectivity index (χ2v) is 6.10. The Morgan fingerprint density at radius 3 is 2.47 bits per heavy atom. The molecule has 0 spiro atoms. The smallest absolute Gasteiger partial charge is 0.0589 e. The van der Waals surface area contributed by atoms with Gasteiger partial charge in [-0.3, -0.25) is 0 Å². The summed E-state index contributed by atoms with van der Waals surface area (Å²) in [6.07, 6.45) is 8.28. The van der Waals surface area contributed by atoms with Crippen LogP contribution < -0.4 is 5.32 Å². The van der Waals surface area contributed by atoms with E-state index in [0.29, 0.717) is 5.41 Å². The van der Waals surface area contributed by atoms with E-state index in [1.807, 2.05) is 0 Å². The van der Waals surface area contributed by atoms with Gasteiger partial charge in [0.2, 0.25) is 0 Å². The average molecular weight is 270 g/mol. The van der Waals surface area contributed by atoms with Crippen LogP contribution in [0.4, 0.5) is 0 Å². The first-order valence-corrected chi connectivity index (χ1v) is 8.18. The summed E-state index contributed by atoms with van der Waals surface area (Å²) in [7, 11) is 1.80. The monoisotopic (exact) mass is 270 g/mol. The Kier molecular flexibility index (Phi) is 8.67. The van der Waals surface area contributed by atoms with Gasteiger partial charge in [-0.1, -0.05) is 33.1 Å². The van der Waals surface area contributed by atoms with E-state index in [2.05, 4.69) is 24.1 Å². The van der Waals surface area contributed by atoms with Crippen molar-refractivity contribution in [3.05, 3.63) is 0 Å². The van der Waals surface area contributed by atoms with Gasteiger partial charge in [-0.25, -0.2) is 0 Å². The first-order valence-electron chi connectivity index (χ1n) is 8.18. The minimum absolute atomic E-state index is 0.511. The van der Waals surface area contributed by atoms with Crippen LogP contribution in [-0.2, 0) is 4.74 Å². The van der Waals surface area contributed by atoms with Gasteiger partial charge in [0.15, 0.2) is 0 Å². The largest absolute Gasteiger partial charge is 0.383 e. The summed E-state index contributed by atoms with van der Waals surface area (Å²) < 4.78 is 5.24. The molecule has 1 rings (SSSR count). The summed E-state index contributed by atoms with van der Waals surface area (Å²) in [6.45, 7) is 11.2. The van der Waals surface area contributed by atoms with Crippen LogP contribution in [0.15, 0.2) is 0 Å². The second kappa shape index (κ2) is 9.73. The summed E-state index contributed by atoms with van der Waals surface area (Å²) >= 11 is 0. The van der Waals surface area contributed by atoms with Crippen LogP contribution in [0, 0.1) is 5.41 Å². The van der Waals surface area contributed by atoms with E-state index in [4.69, 9.17) is 4.74 Å². The third-order valence-corrected chi connectivity index (χ3v) is 4.46. The summed E-state index contributed by atoms with van der Waals surface area (Å²) in [4.78, 5) is 2.57. The highest BCUT2D eigenvalue weighted by Crippen LogP contribution is 2.36. The zero-order valence-corrected chi connectivity index (χ0v) is 13.3. The molecule has 19 heavy (non-hydrogen) atoms. The normalized spacial score (nSPS) is 18.9. The van der Waals surface area contributed by atoms with Crippen molar-refractivity contribution in [2.75, 3.05) is 46.4 Å². The van der Waals surface area contributed by atoms with Gasteiger partial charge in [0.25, 0.3) is 0 Å². The first kappa shape index (κ1) is 16.9. The van der Waals surface area contributed by atoms with Gasteiger partial charge in [0, 0.05) is 26.7 Å². The number of hydrogen-bond acceptors (Lipinski definition) is 3. The molecule has 0 aliphatic heterocycles. The summed E-state index contributed by atoms with van der Waals surface area (Å²) in [6, 6.07) is 0. The van der Waals surface area contributed by atoms with Crippen LogP contribution in [0.5, 0.6) is 0 Å². The molecule has 0 radical (unpaired) electrons. The topological polar surface area (TPSA) is 24.5 Å². The highest BCUT2D eigenvalue weighted by Gasteiger charge is 2.33. The molecule has 1 aliphatic rings. The van der Waals surface area contributed by atoms with Gasteiger partial charge in [0.1, 0.15) is 0 Å². The fourth-order valence-electron chi connectivity index (χ4n) is 3.27. The highest BCUT2D eigenvalue weighted by atomic mass is 16.5. The third-order valence-electron chi connectivity index (χ3n) is 4.46. The van der Waals surface area contributed by atoms with Crippen molar-refractivity contribution in [1.29, 1.82) is 0 Å². The standard InChI is InChI=1S/C16H34N2O/c1-4-11-17-14-16(9-7-6-8-10-16)15-18(5-2)12-13-19-3/h17H,4-15H2,1-3H3. The van der Waals surface area contributed by atoms with Crippen molar-refractivity contribution < 1.29 is 4.74 Å². The van der Waals surface area contributed by atoms with E-state index in [9.17, 15) is 0 Å². The summed E-state index contributed by atoms with van der Waals surface area (Å²) in [5.41, 5.74) is 0.511. The molecule has 1 N–H and O–H groups in total. The molecule has 0 bridgehead atoms. The number of hydrogen-bond donors (Lipinski definition) is 1. The molecule has 0 aromatic heterocycles. The average Bonchev–Trinajstić information content (AvgIpc) is 2.45. The lowest BCUT2D eigenvalue weighted by molar-refractivity contribution is 0.0821. The fourth-order valence-corrected chi connectivity index (χ4v) is 3.27. The minimum Gasteiger partial charge on any atom is -0.383 e. The highest BCUT2D eigenvalue weighted by molar-refractivity contribution is 4.87. The lowest BCUT2D eigenvalue weighted by Gasteiger charge is -2.41. The maximum absolute atomic E-state index is 5.24. The summed E-state index contributed by atoms with van der Waals surface area (Å²) in [5.74, 6) is 0. The lowest BCUT2D eigenvalue weighted by atomic mass is 9.73. The Balaban J connectivity index is 2.50. The molecule has 0 aromatic carbocycles. The van der Waals surface area contributed by atoms with E-state index >= 15 is 0 Å². The van der Waals surface area contributed by atoms with Gasteiger partial charge in [-0.05, 0) is 37.8 Å². The third kappa shape index (κ3) is 6.24. The first-order chi connectivity index (χ1) is 9.26. The SMILES string of the molecule is CCCNCC1(CN(CC)CCOC)CCCCC1. The van der Waals surface area contributed by atoms with E-state index in [1.165, 1.54) is 51.6 Å². The predicted molar refractivity (Wildman–Crippen MR) is 82.7 cm³/mol. The number of rotatable bonds is 10. The molecule has 1 saturated carbocycles. The van der Waals surface area contributed by atoms with Crippen LogP contribution in [0.1, 0.15) is 52.4 Å². The van der Waals surface area contributed by atoms with E-state index < -0.39 is 0 Å². The van der Waals surface area contributed by atoms with Crippen molar-refractivity contribution in [1.82, 2.24) is 10.2 Å². The maximum atomic E-state index is 5.24. The molecule has 1 aliphatic carbocycles. The molecule has 114 valence electrons. The van der Waals surface area contributed by atoms with Gasteiger partial charge in [-0.2, -0.15) is 0 Å². The second-order valence-electron chi connectivity index (χ2n) is 6.10. The van der Waals surface area contributed by atoms with Gasteiger partial charge < -0.3 is 15.0 Å². The van der Waals surface area contributed by atoms with E-state index in [0.717, 1.165) is 26.2 Å². The molecular weight excluding hydrogens is 236 g/mol. The molecule has 0 unspecified atom stereocenters. The number of ether oxygens (including phenoxy) is 1. The zero-order valence-electron chi connectivity index (χ0n) is 13.3. The molecular formula is C16H34N2O. The van der Waals surface area contributed by atoms with Crippen LogP contribution in [-0.4, -0.2) is 51.3 Å². The minimum atomic E-state index is 0.511. The Morgan fingerprint density at radius 2 is 1.89 bits per heavy atom. The van der Waals surface area contributed by atoms with E-state index in [-0.39, 0.29) is 0 Å². The van der Waals surface area contributed by atoms with Crippen LogP contribution in [0.2, 0.25) is 0 Å². The van der Waals surface area contributed by atoms with Crippen molar-refractivity contribution in [3.8, 4) is 0 Å². The van der Waals surface area contributed by atoms with Crippen molar-refractivity contribution in [2.24, 2.45) is 5.41 Å². The van der Waals surface area contributed by atoms with Crippen LogP contribution >= 0.6 is 0 Å². The molecule has 0 heterocycles. The summed E-state index contributed by atoms with van der Waals surface area (Å²) in [5, 5.41) is 3.67. The molecule has 3 nitrogen and oxygen atoms in total. The number of nitrogens with one attached hydrogen (secondary N) is 1. The Hall–Kier alpha value is -0.120. The molecule has 0 aromatic rings. The quantitative estimate of drug-likeness (QED) is 0.618. The molecule has 1 fully saturated rings. The van der Waals surface area contributed by atoms with Gasteiger partial charge >= 0.3 is 0 Å². The Bertz CT molecular complexity index is 215. The predicted octanol–water partition coefficient (Wildman–Crippen LogP) is 2.90. The number of likely N-dealkylation sites (N-methyl/N-ethyl adjacent to an activating group) is 1. The Labute approximate surface area is 120 Å². The Morgan fingerprint density at radius 1 is 1.16 bits per heavy atom. The van der Waals surface area contributed by atoms with Gasteiger partial charge in [0.05, 0.1) is 6.61 Å². The zero-order chi connectivity index (χ0) is 14.0. The van der Waals surface area contributed by atoms with Crippen molar-refractivity contribution in [3.63, 3.8) is 0 Å². The fraction of sp³-hybridized carbons (Fsp3) is 1.00. The maximum Gasteiger partial charge on any atom is 0.0589 e. The molecule has 0 saturated heterocycles. The molecule has 0 atom stereocenters. The van der Waals surface area contributed by atoms with Crippen LogP contribution in [0.25, 0.3) is 0 Å². The molecule has 3 heteroatoms. The van der Waals surface area contributed by atoms with E-state index in [1.54, 1.807) is 7.11 Å². The van der Waals surface area contributed by atoms with Crippen molar-refractivity contribution >= 4 is 0 Å². The lowest BCUT2D eigenvalue weighted by Crippen LogP contribution is -2.46. The van der Waals surface area contributed by atoms with Crippen LogP contribution in [0.3, 0.4) is 0 Å². The molecule has 0 amide bonds. The van der Waals surface area contributed by atoms with Gasteiger partial charge in [-0.15, -0.1) is 0 Å². The number of nitrogens with zero attached hydrogens (tertiary/aromatic N) is 1. The van der Waals surface area contributed by atoms with Crippen molar-refractivity contribution in [2.45, 2.75) is 52.4 Å².